The standard InChI is InChI=1S/C14H11Cl3N4O2S/c15-10-6-11(16)13(12(17)7-10)24(22,23)21-5-4-20-14-9(8-18)2-1-3-19-14/h1-3,6-7,21H,4-5H2,(H,19,20). The molecule has 1 aromatic carbocycles. The van der Waals surface area contributed by atoms with E-state index < -0.39 is 10.0 Å². The Morgan fingerprint density at radius 3 is 2.46 bits per heavy atom. The number of rotatable bonds is 6. The molecule has 0 saturated carbocycles. The minimum Gasteiger partial charge on any atom is -0.368 e. The van der Waals surface area contributed by atoms with Gasteiger partial charge < -0.3 is 5.32 Å². The molecule has 0 saturated heterocycles. The Bertz CT molecular complexity index is 874. The SMILES string of the molecule is N#Cc1cccnc1NCCNS(=O)(=O)c1c(Cl)cc(Cl)cc1Cl. The Hall–Kier alpha value is -1.56. The topological polar surface area (TPSA) is 94.9 Å². The van der Waals surface area contributed by atoms with E-state index >= 15 is 0 Å². The number of anilines is 1. The zero-order valence-electron chi connectivity index (χ0n) is 12.1. The maximum Gasteiger partial charge on any atom is 0.243 e. The average Bonchev–Trinajstić information content (AvgIpc) is 2.50. The number of halogens is 3. The van der Waals surface area contributed by atoms with Crippen LogP contribution in [0, 0.1) is 11.3 Å². The van der Waals surface area contributed by atoms with Gasteiger partial charge in [0.05, 0.1) is 15.6 Å². The van der Waals surface area contributed by atoms with Gasteiger partial charge in [0.2, 0.25) is 10.0 Å². The second kappa shape index (κ2) is 8.01. The van der Waals surface area contributed by atoms with Crippen LogP contribution < -0.4 is 10.0 Å². The average molecular weight is 406 g/mol. The van der Waals surface area contributed by atoms with E-state index in [1.54, 1.807) is 12.1 Å². The van der Waals surface area contributed by atoms with Crippen molar-refractivity contribution in [2.24, 2.45) is 0 Å². The molecule has 0 amide bonds. The summed E-state index contributed by atoms with van der Waals surface area (Å²) in [6.07, 6.45) is 1.53. The van der Waals surface area contributed by atoms with Crippen molar-refractivity contribution in [3.63, 3.8) is 0 Å². The Labute approximate surface area is 154 Å². The monoisotopic (exact) mass is 404 g/mol. The lowest BCUT2D eigenvalue weighted by Gasteiger charge is -2.11. The predicted octanol–water partition coefficient (Wildman–Crippen LogP) is 3.30. The Morgan fingerprint density at radius 2 is 1.83 bits per heavy atom. The van der Waals surface area contributed by atoms with E-state index in [2.05, 4.69) is 15.0 Å². The molecule has 0 radical (unpaired) electrons. The zero-order chi connectivity index (χ0) is 17.7. The lowest BCUT2D eigenvalue weighted by atomic mass is 10.3. The van der Waals surface area contributed by atoms with Gasteiger partial charge in [-0.3, -0.25) is 0 Å². The molecule has 2 rings (SSSR count). The molecule has 0 unspecified atom stereocenters. The molecule has 1 heterocycles. The Morgan fingerprint density at radius 1 is 1.17 bits per heavy atom. The van der Waals surface area contributed by atoms with E-state index in [0.717, 1.165) is 0 Å². The third kappa shape index (κ3) is 4.50. The Balaban J connectivity index is 2.03. The van der Waals surface area contributed by atoms with Crippen molar-refractivity contribution < 1.29 is 8.42 Å². The summed E-state index contributed by atoms with van der Waals surface area (Å²) < 4.78 is 27.0. The fourth-order valence-corrected chi connectivity index (χ4v) is 4.43. The fraction of sp³-hybridized carbons (Fsp3) is 0.143. The van der Waals surface area contributed by atoms with Gasteiger partial charge in [0, 0.05) is 24.3 Å². The smallest absolute Gasteiger partial charge is 0.243 e. The number of nitriles is 1. The van der Waals surface area contributed by atoms with Gasteiger partial charge >= 0.3 is 0 Å². The number of sulfonamides is 1. The van der Waals surface area contributed by atoms with Crippen LogP contribution in [0.5, 0.6) is 0 Å². The first-order chi connectivity index (χ1) is 11.3. The lowest BCUT2D eigenvalue weighted by Crippen LogP contribution is -2.29. The lowest BCUT2D eigenvalue weighted by molar-refractivity contribution is 0.583. The summed E-state index contributed by atoms with van der Waals surface area (Å²) in [5.74, 6) is 0.377. The highest BCUT2D eigenvalue weighted by Crippen LogP contribution is 2.32. The van der Waals surface area contributed by atoms with Crippen LogP contribution in [0.3, 0.4) is 0 Å². The van der Waals surface area contributed by atoms with Gasteiger partial charge in [-0.1, -0.05) is 34.8 Å². The number of aromatic nitrogens is 1. The summed E-state index contributed by atoms with van der Waals surface area (Å²) in [6, 6.07) is 7.83. The zero-order valence-corrected chi connectivity index (χ0v) is 15.1. The minimum absolute atomic E-state index is 0.0407. The van der Waals surface area contributed by atoms with Gasteiger partial charge in [0.1, 0.15) is 16.8 Å². The summed E-state index contributed by atoms with van der Waals surface area (Å²) in [5, 5.41) is 11.9. The van der Waals surface area contributed by atoms with E-state index in [1.165, 1.54) is 18.3 Å². The molecular formula is C14H11Cl3N4O2S. The largest absolute Gasteiger partial charge is 0.368 e. The van der Waals surface area contributed by atoms with Crippen molar-refractivity contribution in [3.8, 4) is 6.07 Å². The van der Waals surface area contributed by atoms with Gasteiger partial charge in [-0.2, -0.15) is 5.26 Å². The first-order valence-electron chi connectivity index (χ1n) is 6.58. The molecular weight excluding hydrogens is 395 g/mol. The summed E-state index contributed by atoms with van der Waals surface area (Å²) in [5.41, 5.74) is 0.365. The number of nitrogens with zero attached hydrogens (tertiary/aromatic N) is 2. The van der Waals surface area contributed by atoms with Crippen molar-refractivity contribution in [2.75, 3.05) is 18.4 Å². The maximum absolute atomic E-state index is 12.3. The van der Waals surface area contributed by atoms with Crippen molar-refractivity contribution >= 4 is 50.6 Å². The summed E-state index contributed by atoms with van der Waals surface area (Å²) >= 11 is 17.6. The number of nitrogens with one attached hydrogen (secondary N) is 2. The molecule has 0 aliphatic rings. The van der Waals surface area contributed by atoms with E-state index in [0.29, 0.717) is 11.4 Å². The molecule has 6 nitrogen and oxygen atoms in total. The molecule has 0 bridgehead atoms. The molecule has 2 aromatic rings. The van der Waals surface area contributed by atoms with E-state index in [9.17, 15) is 8.42 Å². The maximum atomic E-state index is 12.3. The first kappa shape index (κ1) is 18.8. The van der Waals surface area contributed by atoms with Crippen LogP contribution >= 0.6 is 34.8 Å². The van der Waals surface area contributed by atoms with Gasteiger partial charge in [-0.15, -0.1) is 0 Å². The third-order valence-electron chi connectivity index (χ3n) is 2.87. The van der Waals surface area contributed by atoms with Gasteiger partial charge in [0.15, 0.2) is 0 Å². The van der Waals surface area contributed by atoms with Crippen LogP contribution in [0.2, 0.25) is 15.1 Å². The van der Waals surface area contributed by atoms with Crippen LogP contribution in [0.15, 0.2) is 35.4 Å². The first-order valence-corrected chi connectivity index (χ1v) is 9.20. The molecule has 0 aliphatic heterocycles. The number of pyridine rings is 1. The van der Waals surface area contributed by atoms with Gasteiger partial charge in [-0.25, -0.2) is 18.1 Å². The molecule has 0 fully saturated rings. The van der Waals surface area contributed by atoms with Crippen LogP contribution in [-0.2, 0) is 10.0 Å². The molecule has 1 aromatic heterocycles. The molecule has 0 spiro atoms. The third-order valence-corrected chi connectivity index (χ3v) is 5.47. The van der Waals surface area contributed by atoms with Crippen LogP contribution in [-0.4, -0.2) is 26.5 Å². The van der Waals surface area contributed by atoms with Crippen molar-refractivity contribution in [1.29, 1.82) is 5.26 Å². The number of hydrogen-bond donors (Lipinski definition) is 2. The molecule has 24 heavy (non-hydrogen) atoms. The normalized spacial score (nSPS) is 11.1. The second-order valence-corrected chi connectivity index (χ2v) is 7.49. The van der Waals surface area contributed by atoms with Crippen molar-refractivity contribution in [3.05, 3.63) is 51.1 Å². The highest BCUT2D eigenvalue weighted by atomic mass is 35.5. The fourth-order valence-electron chi connectivity index (χ4n) is 1.86. The van der Waals surface area contributed by atoms with E-state index in [4.69, 9.17) is 40.1 Å². The van der Waals surface area contributed by atoms with Gasteiger partial charge in [-0.05, 0) is 24.3 Å². The van der Waals surface area contributed by atoms with Gasteiger partial charge in [0.25, 0.3) is 0 Å². The molecule has 126 valence electrons. The molecule has 2 N–H and O–H groups in total. The predicted molar refractivity (Wildman–Crippen MR) is 94.1 cm³/mol. The number of hydrogen-bond acceptors (Lipinski definition) is 5. The summed E-state index contributed by atoms with van der Waals surface area (Å²) in [4.78, 5) is 3.78. The van der Waals surface area contributed by atoms with Crippen LogP contribution in [0.4, 0.5) is 5.82 Å². The van der Waals surface area contributed by atoms with Crippen molar-refractivity contribution in [1.82, 2.24) is 9.71 Å². The van der Waals surface area contributed by atoms with E-state index in [1.807, 2.05) is 6.07 Å². The molecule has 0 aliphatic carbocycles. The van der Waals surface area contributed by atoms with E-state index in [-0.39, 0.29) is 33.1 Å². The minimum atomic E-state index is -3.91. The number of benzene rings is 1. The summed E-state index contributed by atoms with van der Waals surface area (Å²) in [7, 11) is -3.91. The highest BCUT2D eigenvalue weighted by Gasteiger charge is 2.22. The summed E-state index contributed by atoms with van der Waals surface area (Å²) in [6.45, 7) is 0.257. The highest BCUT2D eigenvalue weighted by molar-refractivity contribution is 7.89. The second-order valence-electron chi connectivity index (χ2n) is 4.53. The molecule has 10 heteroatoms. The molecule has 0 atom stereocenters. The Kier molecular flexibility index (Phi) is 6.27. The van der Waals surface area contributed by atoms with Crippen LogP contribution in [0.1, 0.15) is 5.56 Å². The van der Waals surface area contributed by atoms with Crippen LogP contribution in [0.25, 0.3) is 0 Å². The quantitative estimate of drug-likeness (QED) is 0.719. The van der Waals surface area contributed by atoms with Crippen molar-refractivity contribution in [2.45, 2.75) is 4.90 Å².